The zero-order valence-electron chi connectivity index (χ0n) is 4.40. The van der Waals surface area contributed by atoms with E-state index in [9.17, 15) is 0 Å². The van der Waals surface area contributed by atoms with Crippen LogP contribution in [0.3, 0.4) is 0 Å². The van der Waals surface area contributed by atoms with E-state index < -0.39 is 5.97 Å². The zero-order chi connectivity index (χ0) is 5.58. The van der Waals surface area contributed by atoms with Crippen LogP contribution < -0.4 is 0 Å². The van der Waals surface area contributed by atoms with Crippen LogP contribution >= 0.6 is 0 Å². The van der Waals surface area contributed by atoms with Gasteiger partial charge in [-0.1, -0.05) is 0 Å². The van der Waals surface area contributed by atoms with Gasteiger partial charge in [-0.15, -0.1) is 0 Å². The summed E-state index contributed by atoms with van der Waals surface area (Å²) in [6, 6.07) is 0. The molecule has 1 radical (unpaired) electrons. The molecule has 2 nitrogen and oxygen atoms in total. The Morgan fingerprint density at radius 3 is 1.57 bits per heavy atom. The standard InChI is InChI=1S/C2H4O2.C2H5.Co/c1-2(3)4;1-2;/h1H3,(H,3,4);1H2,2H3;/q;-1;. The van der Waals surface area contributed by atoms with Crippen molar-refractivity contribution in [1.82, 2.24) is 0 Å². The maximum atomic E-state index is 9.00. The van der Waals surface area contributed by atoms with Gasteiger partial charge in [0.25, 0.3) is 5.97 Å². The Balaban J connectivity index is -0.0000000480. The van der Waals surface area contributed by atoms with Crippen LogP contribution in [0.15, 0.2) is 0 Å². The molecule has 0 aliphatic carbocycles. The van der Waals surface area contributed by atoms with Gasteiger partial charge in [-0.05, 0) is 0 Å². The monoisotopic (exact) mass is 148 g/mol. The van der Waals surface area contributed by atoms with Crippen molar-refractivity contribution in [2.45, 2.75) is 13.8 Å². The molecule has 0 atom stereocenters. The van der Waals surface area contributed by atoms with E-state index in [1.807, 2.05) is 0 Å². The average molecular weight is 148 g/mol. The molecule has 0 heterocycles. The van der Waals surface area contributed by atoms with Crippen LogP contribution in [0.1, 0.15) is 13.8 Å². The molecule has 3 heteroatoms. The van der Waals surface area contributed by atoms with Gasteiger partial charge in [0, 0.05) is 23.7 Å². The first kappa shape index (κ1) is 15.8. The minimum atomic E-state index is -0.833. The molecule has 0 rings (SSSR count). The first-order valence-electron chi connectivity index (χ1n) is 1.63. The van der Waals surface area contributed by atoms with E-state index in [1.54, 1.807) is 6.92 Å². The molecule has 0 saturated heterocycles. The molecule has 0 saturated carbocycles. The van der Waals surface area contributed by atoms with Crippen molar-refractivity contribution in [1.29, 1.82) is 0 Å². The van der Waals surface area contributed by atoms with Gasteiger partial charge in [0.1, 0.15) is 0 Å². The second-order valence-corrected chi connectivity index (χ2v) is 0.519. The van der Waals surface area contributed by atoms with Gasteiger partial charge in [0.05, 0.1) is 0 Å². The van der Waals surface area contributed by atoms with Crippen LogP contribution in [-0.2, 0) is 21.6 Å². The van der Waals surface area contributed by atoms with Crippen LogP contribution in [-0.4, -0.2) is 11.1 Å². The summed E-state index contributed by atoms with van der Waals surface area (Å²) in [4.78, 5) is 9.00. The van der Waals surface area contributed by atoms with Crippen LogP contribution in [0.2, 0.25) is 0 Å². The molecule has 0 fully saturated rings. The molecule has 0 aliphatic heterocycles. The number of carboxylic acid groups (broad SMARTS) is 1. The minimum absolute atomic E-state index is 0. The summed E-state index contributed by atoms with van der Waals surface area (Å²) < 4.78 is 0. The average Bonchev–Trinajstić information content (AvgIpc) is 1.41. The van der Waals surface area contributed by atoms with Gasteiger partial charge in [-0.3, -0.25) is 4.79 Å². The molecule has 0 aliphatic rings. The smallest absolute Gasteiger partial charge is 0.300 e. The van der Waals surface area contributed by atoms with E-state index >= 15 is 0 Å². The molecule has 0 amide bonds. The zero-order valence-corrected chi connectivity index (χ0v) is 5.44. The Hall–Kier alpha value is -0.0235. The Kier molecular flexibility index (Phi) is 37.6. The van der Waals surface area contributed by atoms with Crippen molar-refractivity contribution in [3.63, 3.8) is 0 Å². The third-order valence-corrected chi connectivity index (χ3v) is 0. The van der Waals surface area contributed by atoms with E-state index in [1.165, 1.54) is 0 Å². The topological polar surface area (TPSA) is 37.3 Å². The van der Waals surface area contributed by atoms with Crippen molar-refractivity contribution in [3.05, 3.63) is 6.92 Å². The number of hydrogen-bond acceptors (Lipinski definition) is 1. The van der Waals surface area contributed by atoms with Crippen molar-refractivity contribution in [3.8, 4) is 0 Å². The molecule has 0 unspecified atom stereocenters. The third kappa shape index (κ3) is 171000. The van der Waals surface area contributed by atoms with Gasteiger partial charge in [-0.25, -0.2) is 0 Å². The summed E-state index contributed by atoms with van der Waals surface area (Å²) in [6.07, 6.45) is 0. The van der Waals surface area contributed by atoms with Crippen LogP contribution in [0, 0.1) is 6.92 Å². The summed E-state index contributed by atoms with van der Waals surface area (Å²) in [5.74, 6) is -0.833. The summed E-state index contributed by atoms with van der Waals surface area (Å²) >= 11 is 0. The Morgan fingerprint density at radius 2 is 1.57 bits per heavy atom. The molecular weight excluding hydrogens is 139 g/mol. The molecule has 7 heavy (non-hydrogen) atoms. The second-order valence-electron chi connectivity index (χ2n) is 0.519. The van der Waals surface area contributed by atoms with Crippen molar-refractivity contribution in [2.24, 2.45) is 0 Å². The fraction of sp³-hybridized carbons (Fsp3) is 0.500. The van der Waals surface area contributed by atoms with Crippen LogP contribution in [0.5, 0.6) is 0 Å². The van der Waals surface area contributed by atoms with Crippen molar-refractivity contribution < 1.29 is 26.7 Å². The quantitative estimate of drug-likeness (QED) is 0.519. The third-order valence-electron chi connectivity index (χ3n) is 0. The Labute approximate surface area is 54.1 Å². The van der Waals surface area contributed by atoms with E-state index in [-0.39, 0.29) is 16.8 Å². The largest absolute Gasteiger partial charge is 0.481 e. The molecule has 0 bridgehead atoms. The van der Waals surface area contributed by atoms with Gasteiger partial charge in [-0.2, -0.15) is 6.92 Å². The predicted octanol–water partition coefficient (Wildman–Crippen LogP) is 0.929. The van der Waals surface area contributed by atoms with Gasteiger partial charge < -0.3 is 12.0 Å². The van der Waals surface area contributed by atoms with Gasteiger partial charge >= 0.3 is 0 Å². The van der Waals surface area contributed by atoms with Gasteiger partial charge in [0.15, 0.2) is 0 Å². The fourth-order valence-corrected chi connectivity index (χ4v) is 0. The molecule has 1 N–H and O–H groups in total. The maximum absolute atomic E-state index is 9.00. The van der Waals surface area contributed by atoms with E-state index in [0.29, 0.717) is 0 Å². The number of carboxylic acids is 1. The molecule has 0 aromatic rings. The van der Waals surface area contributed by atoms with Crippen LogP contribution in [0.4, 0.5) is 0 Å². The predicted molar refractivity (Wildman–Crippen MR) is 24.3 cm³/mol. The van der Waals surface area contributed by atoms with Gasteiger partial charge in [0.2, 0.25) is 0 Å². The molecular formula is C4H9CoO2-. The Morgan fingerprint density at radius 1 is 1.57 bits per heavy atom. The Bertz CT molecular complexity index is 32.7. The molecule has 0 aromatic heterocycles. The number of rotatable bonds is 0. The first-order valence-corrected chi connectivity index (χ1v) is 1.63. The fourth-order valence-electron chi connectivity index (χ4n) is 0. The summed E-state index contributed by atoms with van der Waals surface area (Å²) in [5, 5.41) is 7.42. The SMILES string of the molecule is CC(=O)O.[CH2-]C.[Co]. The second kappa shape index (κ2) is 16.7. The molecule has 0 aromatic carbocycles. The number of aliphatic carboxylic acids is 1. The van der Waals surface area contributed by atoms with Crippen molar-refractivity contribution in [2.75, 3.05) is 0 Å². The van der Waals surface area contributed by atoms with E-state index in [2.05, 4.69) is 6.92 Å². The summed E-state index contributed by atoms with van der Waals surface area (Å²) in [5.41, 5.74) is 0. The minimum Gasteiger partial charge on any atom is -0.481 e. The normalized spacial score (nSPS) is 4.43. The van der Waals surface area contributed by atoms with Crippen molar-refractivity contribution >= 4 is 5.97 Å². The summed E-state index contributed by atoms with van der Waals surface area (Å²) in [6.45, 7) is 6.08. The number of hydrogen-bond donors (Lipinski definition) is 1. The summed E-state index contributed by atoms with van der Waals surface area (Å²) in [7, 11) is 0. The van der Waals surface area contributed by atoms with E-state index in [4.69, 9.17) is 9.90 Å². The van der Waals surface area contributed by atoms with Crippen LogP contribution in [0.25, 0.3) is 0 Å². The molecule has 47 valence electrons. The molecule has 0 spiro atoms. The van der Waals surface area contributed by atoms with E-state index in [0.717, 1.165) is 6.92 Å². The number of carbonyl (C=O) groups is 1. The maximum Gasteiger partial charge on any atom is 0.300 e. The first-order chi connectivity index (χ1) is 2.73.